The van der Waals surface area contributed by atoms with Gasteiger partial charge in [0, 0.05) is 5.56 Å². The van der Waals surface area contributed by atoms with Crippen LogP contribution in [0.5, 0.6) is 5.75 Å². The van der Waals surface area contributed by atoms with Crippen molar-refractivity contribution in [1.29, 1.82) is 0 Å². The highest BCUT2D eigenvalue weighted by Gasteiger charge is 2.37. The third-order valence-electron chi connectivity index (χ3n) is 4.57. The zero-order valence-corrected chi connectivity index (χ0v) is 17.0. The number of aromatic amines is 1. The Morgan fingerprint density at radius 1 is 1.19 bits per heavy atom. The molecule has 31 heavy (non-hydrogen) atoms. The molecule has 0 amide bonds. The number of rotatable bonds is 5. The van der Waals surface area contributed by atoms with Crippen LogP contribution in [0.4, 0.5) is 18.9 Å². The van der Waals surface area contributed by atoms with Gasteiger partial charge >= 0.3 is 12.1 Å². The van der Waals surface area contributed by atoms with Crippen LogP contribution in [-0.4, -0.2) is 35.1 Å². The number of pyridine rings is 1. The topological polar surface area (TPSA) is 106 Å². The summed E-state index contributed by atoms with van der Waals surface area (Å²) in [5.41, 5.74) is -1.71. The molecular formula is C20H19F3N4O4. The van der Waals surface area contributed by atoms with Crippen molar-refractivity contribution in [1.82, 2.24) is 15.0 Å². The van der Waals surface area contributed by atoms with Crippen LogP contribution in [0.1, 0.15) is 40.4 Å². The molecule has 0 aliphatic heterocycles. The van der Waals surface area contributed by atoms with E-state index in [1.165, 1.54) is 46.3 Å². The van der Waals surface area contributed by atoms with E-state index in [4.69, 9.17) is 4.74 Å². The minimum atomic E-state index is -4.77. The quantitative estimate of drug-likeness (QED) is 0.589. The summed E-state index contributed by atoms with van der Waals surface area (Å²) in [4.78, 5) is 33.9. The Morgan fingerprint density at radius 3 is 2.52 bits per heavy atom. The molecule has 0 bridgehead atoms. The Kier molecular flexibility index (Phi) is 5.87. The van der Waals surface area contributed by atoms with E-state index < -0.39 is 29.4 Å². The van der Waals surface area contributed by atoms with Crippen LogP contribution >= 0.6 is 0 Å². The Bertz CT molecular complexity index is 1210. The number of aromatic nitrogens is 3. The van der Waals surface area contributed by atoms with Crippen LogP contribution in [0.2, 0.25) is 0 Å². The first-order valence-electron chi connectivity index (χ1n) is 9.06. The lowest BCUT2D eigenvalue weighted by Gasteiger charge is -2.21. The smallest absolute Gasteiger partial charge is 0.433 e. The molecule has 2 heterocycles. The Hall–Kier alpha value is -3.63. The van der Waals surface area contributed by atoms with E-state index >= 15 is 0 Å². The molecule has 3 rings (SSSR count). The number of hydrogen-bond donors (Lipinski definition) is 2. The van der Waals surface area contributed by atoms with E-state index in [-0.39, 0.29) is 33.7 Å². The minimum absolute atomic E-state index is 0.0599. The Balaban J connectivity index is 2.09. The van der Waals surface area contributed by atoms with Crippen molar-refractivity contribution in [2.75, 3.05) is 19.5 Å². The summed E-state index contributed by atoms with van der Waals surface area (Å²) in [6, 6.07) is 4.54. The van der Waals surface area contributed by atoms with Gasteiger partial charge in [-0.2, -0.15) is 13.2 Å². The van der Waals surface area contributed by atoms with Gasteiger partial charge in [-0.05, 0) is 38.1 Å². The van der Waals surface area contributed by atoms with Crippen LogP contribution in [0.3, 0.4) is 0 Å². The highest BCUT2D eigenvalue weighted by Crippen LogP contribution is 2.36. The van der Waals surface area contributed by atoms with Crippen molar-refractivity contribution in [3.8, 4) is 5.75 Å². The number of methoxy groups -OCH3 is 2. The summed E-state index contributed by atoms with van der Waals surface area (Å²) in [5, 5.41) is 2.86. The Labute approximate surface area is 174 Å². The number of aryl methyl sites for hydroxylation is 1. The first-order chi connectivity index (χ1) is 14.5. The maximum Gasteiger partial charge on any atom is 0.433 e. The number of nitrogens with one attached hydrogen (secondary N) is 2. The Morgan fingerprint density at radius 2 is 1.90 bits per heavy atom. The van der Waals surface area contributed by atoms with Crippen molar-refractivity contribution in [3.63, 3.8) is 0 Å². The van der Waals surface area contributed by atoms with Crippen molar-refractivity contribution in [2.45, 2.75) is 26.1 Å². The summed E-state index contributed by atoms with van der Waals surface area (Å²) in [6.45, 7) is 2.94. The molecule has 0 aliphatic rings. The minimum Gasteiger partial charge on any atom is -0.495 e. The van der Waals surface area contributed by atoms with E-state index in [1.54, 1.807) is 0 Å². The number of esters is 1. The second-order valence-electron chi connectivity index (χ2n) is 6.72. The molecule has 3 aromatic rings. The van der Waals surface area contributed by atoms with E-state index in [0.29, 0.717) is 5.69 Å². The molecule has 2 N–H and O–H groups in total. The second kappa shape index (κ2) is 8.25. The van der Waals surface area contributed by atoms with E-state index in [9.17, 15) is 22.8 Å². The number of fused-ring (bicyclic) bond motifs is 1. The van der Waals surface area contributed by atoms with Gasteiger partial charge in [0.1, 0.15) is 11.6 Å². The summed E-state index contributed by atoms with van der Waals surface area (Å²) in [5.74, 6) is -0.197. The lowest BCUT2D eigenvalue weighted by atomic mass is 10.0. The van der Waals surface area contributed by atoms with Crippen molar-refractivity contribution in [3.05, 3.63) is 57.3 Å². The van der Waals surface area contributed by atoms with Crippen LogP contribution in [0, 0.1) is 6.92 Å². The van der Waals surface area contributed by atoms with Gasteiger partial charge in [0.15, 0.2) is 11.3 Å². The molecule has 1 atom stereocenters. The average Bonchev–Trinajstić information content (AvgIpc) is 2.71. The van der Waals surface area contributed by atoms with Gasteiger partial charge in [0.05, 0.1) is 36.9 Å². The molecule has 0 spiro atoms. The highest BCUT2D eigenvalue weighted by atomic mass is 19.4. The first kappa shape index (κ1) is 22.1. The zero-order chi connectivity index (χ0) is 22.9. The average molecular weight is 436 g/mol. The van der Waals surface area contributed by atoms with Crippen LogP contribution in [0.15, 0.2) is 29.1 Å². The van der Waals surface area contributed by atoms with Crippen LogP contribution in [-0.2, 0) is 10.9 Å². The third-order valence-corrected chi connectivity index (χ3v) is 4.57. The summed E-state index contributed by atoms with van der Waals surface area (Å²) < 4.78 is 51.1. The lowest BCUT2D eigenvalue weighted by molar-refractivity contribution is -0.141. The SMILES string of the molecule is COC(=O)c1ccc(N[C@@H](C)c2cc3c(=O)[nH]c(C)nc3nc2C(F)(F)F)c(OC)c1. The fourth-order valence-electron chi connectivity index (χ4n) is 3.11. The number of hydrogen-bond acceptors (Lipinski definition) is 7. The van der Waals surface area contributed by atoms with Crippen molar-refractivity contribution >= 4 is 22.7 Å². The van der Waals surface area contributed by atoms with Gasteiger partial charge in [-0.15, -0.1) is 0 Å². The van der Waals surface area contributed by atoms with Gasteiger partial charge in [-0.1, -0.05) is 0 Å². The molecular weight excluding hydrogens is 417 g/mol. The molecule has 2 aromatic heterocycles. The fourth-order valence-corrected chi connectivity index (χ4v) is 3.11. The number of H-pyrrole nitrogens is 1. The summed E-state index contributed by atoms with van der Waals surface area (Å²) >= 11 is 0. The maximum atomic E-state index is 13.7. The van der Waals surface area contributed by atoms with E-state index in [0.717, 1.165) is 6.07 Å². The largest absolute Gasteiger partial charge is 0.495 e. The predicted octanol–water partition coefficient (Wildman–Crippen LogP) is 3.61. The van der Waals surface area contributed by atoms with E-state index in [1.807, 2.05) is 0 Å². The number of carbonyl (C=O) groups excluding carboxylic acids is 1. The summed E-state index contributed by atoms with van der Waals surface area (Å²) in [6.07, 6.45) is -4.77. The number of benzene rings is 1. The van der Waals surface area contributed by atoms with Crippen molar-refractivity contribution in [2.24, 2.45) is 0 Å². The van der Waals surface area contributed by atoms with Crippen LogP contribution in [0.25, 0.3) is 11.0 Å². The summed E-state index contributed by atoms with van der Waals surface area (Å²) in [7, 11) is 2.59. The molecule has 0 radical (unpaired) electrons. The lowest BCUT2D eigenvalue weighted by Crippen LogP contribution is -2.20. The van der Waals surface area contributed by atoms with Gasteiger partial charge in [0.2, 0.25) is 0 Å². The number of carbonyl (C=O) groups is 1. The number of anilines is 1. The molecule has 0 fully saturated rings. The number of alkyl halides is 3. The zero-order valence-electron chi connectivity index (χ0n) is 17.0. The molecule has 0 saturated carbocycles. The normalized spacial score (nSPS) is 12.5. The van der Waals surface area contributed by atoms with Gasteiger partial charge in [-0.3, -0.25) is 4.79 Å². The molecule has 0 unspecified atom stereocenters. The van der Waals surface area contributed by atoms with Gasteiger partial charge < -0.3 is 19.8 Å². The molecule has 164 valence electrons. The fraction of sp³-hybridized carbons (Fsp3) is 0.300. The molecule has 8 nitrogen and oxygen atoms in total. The van der Waals surface area contributed by atoms with Gasteiger partial charge in [0.25, 0.3) is 5.56 Å². The predicted molar refractivity (Wildman–Crippen MR) is 106 cm³/mol. The molecule has 0 saturated heterocycles. The first-order valence-corrected chi connectivity index (χ1v) is 9.06. The number of nitrogens with zero attached hydrogens (tertiary/aromatic N) is 2. The van der Waals surface area contributed by atoms with Crippen LogP contribution < -0.4 is 15.6 Å². The standard InChI is InChI=1S/C20H19F3N4O4/c1-9(24-14-6-5-11(19(29)31-4)7-15(14)30-3)12-8-13-17(25-10(2)26-18(13)28)27-16(12)20(21,22)23/h5-9,24H,1-4H3,(H,25,26,27,28)/t9-/m0/s1. The van der Waals surface area contributed by atoms with Gasteiger partial charge in [-0.25, -0.2) is 14.8 Å². The number of ether oxygens (including phenoxy) is 2. The van der Waals surface area contributed by atoms with E-state index in [2.05, 4.69) is 25.0 Å². The van der Waals surface area contributed by atoms with Crippen molar-refractivity contribution < 1.29 is 27.4 Å². The second-order valence-corrected chi connectivity index (χ2v) is 6.72. The molecule has 1 aromatic carbocycles. The monoisotopic (exact) mass is 436 g/mol. The number of halogens is 3. The maximum absolute atomic E-state index is 13.7. The highest BCUT2D eigenvalue weighted by molar-refractivity contribution is 5.90. The molecule has 0 aliphatic carbocycles. The third kappa shape index (κ3) is 4.44. The molecule has 11 heteroatoms.